The average molecular weight is 860 g/mol. The number of fused-ring (bicyclic) bond motifs is 12. The fourth-order valence-corrected chi connectivity index (χ4v) is 8.18. The maximum atomic E-state index is 6.33. The molecule has 0 N–H and O–H groups in total. The number of nitrogens with zero attached hydrogens (tertiary/aromatic N) is 5. The fourth-order valence-electron chi connectivity index (χ4n) is 8.18. The molecule has 0 spiro atoms. The Hall–Kier alpha value is -6.27. The van der Waals surface area contributed by atoms with Crippen LogP contribution in [0.4, 0.5) is 0 Å². The molecule has 12 aromatic rings. The van der Waals surface area contributed by atoms with Crippen LogP contribution in [-0.2, 0) is 34.2 Å². The van der Waals surface area contributed by atoms with Gasteiger partial charge in [0.25, 0.3) is 0 Å². The van der Waals surface area contributed by atoms with Crippen molar-refractivity contribution in [2.75, 3.05) is 0 Å². The van der Waals surface area contributed by atoms with E-state index in [1.807, 2.05) is 76.8 Å². The summed E-state index contributed by atoms with van der Waals surface area (Å²) < 4.78 is 15.0. The van der Waals surface area contributed by atoms with Crippen LogP contribution in [0.1, 0.15) is 0 Å². The largest absolute Gasteiger partial charge is 3.00 e. The summed E-state index contributed by atoms with van der Waals surface area (Å²) in [6.45, 7) is 0. The Bertz CT molecular complexity index is 3330. The summed E-state index contributed by atoms with van der Waals surface area (Å²) in [4.78, 5) is 5.13. The van der Waals surface area contributed by atoms with Crippen LogP contribution in [0, 0.1) is 18.5 Å². The van der Waals surface area contributed by atoms with Gasteiger partial charge >= 0.3 is 20.1 Å². The van der Waals surface area contributed by atoms with Crippen molar-refractivity contribution in [2.45, 2.75) is 0 Å². The van der Waals surface area contributed by atoms with Gasteiger partial charge in [-0.3, -0.25) is 4.98 Å². The summed E-state index contributed by atoms with van der Waals surface area (Å²) in [5.41, 5.74) is 11.7. The third kappa shape index (κ3) is 4.48. The Morgan fingerprint density at radius 2 is 1.32 bits per heavy atom. The van der Waals surface area contributed by atoms with E-state index >= 15 is 0 Å². The molecule has 0 aliphatic carbocycles. The number of imidazole rings is 2. The van der Waals surface area contributed by atoms with E-state index in [0.717, 1.165) is 55.6 Å². The Kier molecular flexibility index (Phi) is 7.06. The Labute approximate surface area is 317 Å². The summed E-state index contributed by atoms with van der Waals surface area (Å²) in [5.74, 6) is 0.853. The number of aryl methyl sites for hydroxylation is 2. The summed E-state index contributed by atoms with van der Waals surface area (Å²) >= 11 is 0. The van der Waals surface area contributed by atoms with Crippen molar-refractivity contribution in [3.05, 3.63) is 158 Å². The van der Waals surface area contributed by atoms with Crippen molar-refractivity contribution in [2.24, 2.45) is 14.1 Å². The molecule has 0 bridgehead atoms. The minimum Gasteiger partial charge on any atom is -0.501 e. The summed E-state index contributed by atoms with van der Waals surface area (Å²) in [6.07, 6.45) is 3.27. The van der Waals surface area contributed by atoms with Gasteiger partial charge in [-0.2, -0.15) is 30.3 Å². The first kappa shape index (κ1) is 31.5. The third-order valence-electron chi connectivity index (χ3n) is 10.4. The van der Waals surface area contributed by atoms with E-state index in [2.05, 4.69) is 113 Å². The third-order valence-corrected chi connectivity index (χ3v) is 10.4. The van der Waals surface area contributed by atoms with Crippen molar-refractivity contribution in [3.63, 3.8) is 0 Å². The van der Waals surface area contributed by atoms with Crippen LogP contribution in [0.25, 0.3) is 99.2 Å². The minimum atomic E-state index is 0. The second-order valence-electron chi connectivity index (χ2n) is 13.3. The molecule has 0 fully saturated rings. The van der Waals surface area contributed by atoms with Crippen LogP contribution in [0.15, 0.2) is 144 Å². The van der Waals surface area contributed by atoms with Crippen LogP contribution in [0.5, 0.6) is 0 Å². The van der Waals surface area contributed by atoms with E-state index in [9.17, 15) is 0 Å². The number of benzene rings is 7. The topological polar surface area (TPSA) is 44.2 Å². The molecule has 53 heavy (non-hydrogen) atoms. The number of rotatable bonds is 2. The summed E-state index contributed by atoms with van der Waals surface area (Å²) in [7, 11) is 4.11. The van der Waals surface area contributed by atoms with Crippen LogP contribution in [0.3, 0.4) is 0 Å². The summed E-state index contributed by atoms with van der Waals surface area (Å²) in [6, 6.07) is 54.7. The molecule has 7 heteroatoms. The number of hydrogen-bond acceptors (Lipinski definition) is 2. The van der Waals surface area contributed by atoms with Crippen molar-refractivity contribution < 1.29 is 29.1 Å². The summed E-state index contributed by atoms with van der Waals surface area (Å²) in [5, 5.41) is 7.28. The molecule has 0 radical (unpaired) electrons. The van der Waals surface area contributed by atoms with Crippen molar-refractivity contribution in [3.8, 4) is 17.1 Å². The molecule has 5 heterocycles. The van der Waals surface area contributed by atoms with E-state index in [1.165, 1.54) is 43.6 Å². The van der Waals surface area contributed by atoms with Gasteiger partial charge in [-0.15, -0.1) is 18.2 Å². The predicted octanol–water partition coefficient (Wildman–Crippen LogP) is 10.1. The van der Waals surface area contributed by atoms with E-state index in [1.54, 1.807) is 0 Å². The first-order valence-corrected chi connectivity index (χ1v) is 17.4. The number of aromatic nitrogens is 5. The van der Waals surface area contributed by atoms with Gasteiger partial charge in [0, 0.05) is 34.0 Å². The number of furan rings is 1. The smallest absolute Gasteiger partial charge is 0.501 e. The van der Waals surface area contributed by atoms with Gasteiger partial charge < -0.3 is 22.5 Å². The Morgan fingerprint density at radius 3 is 2.17 bits per heavy atom. The number of hydrogen-bond donors (Lipinski definition) is 0. The van der Waals surface area contributed by atoms with Crippen molar-refractivity contribution in [1.29, 1.82) is 0 Å². The normalized spacial score (nSPS) is 11.8. The molecule has 252 valence electrons. The van der Waals surface area contributed by atoms with Gasteiger partial charge in [-0.05, 0) is 24.3 Å². The van der Waals surface area contributed by atoms with Gasteiger partial charge in [0.05, 0.1) is 57.1 Å². The zero-order valence-electron chi connectivity index (χ0n) is 28.8. The molecular formula is C46H29IrN5O+. The van der Waals surface area contributed by atoms with Crippen LogP contribution < -0.4 is 4.57 Å². The quantitative estimate of drug-likeness (QED) is 0.128. The van der Waals surface area contributed by atoms with Crippen LogP contribution >= 0.6 is 0 Å². The van der Waals surface area contributed by atoms with Gasteiger partial charge in [-0.25, -0.2) is 0 Å². The molecule has 0 amide bonds. The molecule has 5 aromatic heterocycles. The zero-order valence-corrected chi connectivity index (χ0v) is 31.2. The standard InChI is InChI=1S/C32H18N3O.C14H11N2.Ir/c1-34-30-25(33-32(34)24-13-7-12-23-19-9-3-5-15-27(19)36-31(23)24)17-16-22-21-11-6-10-20-18-8-2-4-14-26(18)35(28(20)21)29(22)30;1-15-11-16(12-7-3-2-4-8-12)14-10-6-5-9-13(14)15;/h2-12,14-17H,1H3;2-7,9-10H,1H3;/q2*-1;+3. The van der Waals surface area contributed by atoms with E-state index < -0.39 is 0 Å². The maximum Gasteiger partial charge on any atom is 3.00 e. The molecule has 7 aromatic carbocycles. The predicted molar refractivity (Wildman–Crippen MR) is 209 cm³/mol. The fraction of sp³-hybridized carbons (Fsp3) is 0.0435. The molecule has 6 nitrogen and oxygen atoms in total. The monoisotopic (exact) mass is 860 g/mol. The van der Waals surface area contributed by atoms with Gasteiger partial charge in [-0.1, -0.05) is 95.5 Å². The second-order valence-corrected chi connectivity index (χ2v) is 13.3. The SMILES string of the molecule is C[n+]1[c-]n(-c2[c-]cccc2)c2ccccc21.Cn1c(-c2[c-]ccc3c2oc2ccccc23)nc2ccc3c4cccc5c6ccccc6n(c54)c3c21.[Ir+3]. The molecule has 0 saturated carbocycles. The molecule has 0 atom stereocenters. The molecule has 0 aliphatic rings. The molecule has 0 unspecified atom stereocenters. The van der Waals surface area contributed by atoms with E-state index in [4.69, 9.17) is 9.40 Å². The van der Waals surface area contributed by atoms with Crippen LogP contribution in [0.2, 0.25) is 0 Å². The minimum absolute atomic E-state index is 0. The molecule has 12 rings (SSSR count). The van der Waals surface area contributed by atoms with Gasteiger partial charge in [0.15, 0.2) is 0 Å². The number of para-hydroxylation sites is 6. The van der Waals surface area contributed by atoms with E-state index in [0.29, 0.717) is 0 Å². The average Bonchev–Trinajstić information content (AvgIpc) is 4.00. The molecule has 0 saturated heterocycles. The Morgan fingerprint density at radius 1 is 0.604 bits per heavy atom. The van der Waals surface area contributed by atoms with Crippen molar-refractivity contribution >= 4 is 82.1 Å². The molecular weight excluding hydrogens is 831 g/mol. The first-order valence-electron chi connectivity index (χ1n) is 17.4. The maximum absolute atomic E-state index is 6.33. The van der Waals surface area contributed by atoms with E-state index in [-0.39, 0.29) is 20.1 Å². The first-order chi connectivity index (χ1) is 25.7. The van der Waals surface area contributed by atoms with Gasteiger partial charge in [0.2, 0.25) is 6.33 Å². The Balaban J connectivity index is 0.000000173. The zero-order chi connectivity index (χ0) is 34.5. The molecule has 0 aliphatic heterocycles. The van der Waals surface area contributed by atoms with Gasteiger partial charge in [0.1, 0.15) is 5.58 Å². The van der Waals surface area contributed by atoms with Crippen molar-refractivity contribution in [1.82, 2.24) is 18.5 Å². The second kappa shape index (κ2) is 11.9. The van der Waals surface area contributed by atoms with Crippen LogP contribution in [-0.4, -0.2) is 18.5 Å².